The second-order valence-corrected chi connectivity index (χ2v) is 4.59. The second kappa shape index (κ2) is 5.31. The number of likely N-dealkylation sites (tertiary alicyclic amines) is 1. The highest BCUT2D eigenvalue weighted by molar-refractivity contribution is 5.93. The van der Waals surface area contributed by atoms with Crippen molar-refractivity contribution in [3.63, 3.8) is 0 Å². The van der Waals surface area contributed by atoms with Crippen molar-refractivity contribution in [2.45, 2.75) is 32.8 Å². The summed E-state index contributed by atoms with van der Waals surface area (Å²) in [5, 5.41) is 8.52. The van der Waals surface area contributed by atoms with Crippen molar-refractivity contribution in [2.75, 3.05) is 19.7 Å². The molecule has 0 aliphatic carbocycles. The molecule has 1 amide bonds. The van der Waals surface area contributed by atoms with Crippen LogP contribution in [0.2, 0.25) is 0 Å². The Morgan fingerprint density at radius 1 is 1.47 bits per heavy atom. The van der Waals surface area contributed by atoms with Crippen LogP contribution in [0.3, 0.4) is 0 Å². The van der Waals surface area contributed by atoms with Gasteiger partial charge in [0.25, 0.3) is 0 Å². The van der Waals surface area contributed by atoms with Crippen LogP contribution in [-0.2, 0) is 14.3 Å². The zero-order chi connectivity index (χ0) is 13.1. The molecule has 0 saturated carbocycles. The van der Waals surface area contributed by atoms with Gasteiger partial charge in [-0.25, -0.2) is 4.79 Å². The average Bonchev–Trinajstić information content (AvgIpc) is 2.22. The van der Waals surface area contributed by atoms with E-state index in [1.54, 1.807) is 11.8 Å². The third kappa shape index (κ3) is 3.56. The van der Waals surface area contributed by atoms with E-state index in [4.69, 9.17) is 9.84 Å². The minimum Gasteiger partial charge on any atom is -0.480 e. The lowest BCUT2D eigenvalue weighted by Gasteiger charge is -2.47. The summed E-state index contributed by atoms with van der Waals surface area (Å²) in [6, 6.07) is 0. The molecule has 1 N–H and O–H groups in total. The van der Waals surface area contributed by atoms with E-state index >= 15 is 0 Å². The molecule has 1 fully saturated rings. The van der Waals surface area contributed by atoms with Gasteiger partial charge in [0, 0.05) is 5.57 Å². The van der Waals surface area contributed by atoms with Crippen LogP contribution in [0.5, 0.6) is 0 Å². The van der Waals surface area contributed by atoms with E-state index in [9.17, 15) is 9.59 Å². The Morgan fingerprint density at radius 3 is 2.53 bits per heavy atom. The summed E-state index contributed by atoms with van der Waals surface area (Å²) >= 11 is 0. The Hall–Kier alpha value is -1.36. The molecule has 0 spiro atoms. The molecule has 0 atom stereocenters. The fourth-order valence-corrected chi connectivity index (χ4v) is 1.87. The molecule has 1 aliphatic heterocycles. The van der Waals surface area contributed by atoms with E-state index in [1.807, 2.05) is 19.9 Å². The van der Waals surface area contributed by atoms with E-state index in [0.29, 0.717) is 13.1 Å². The predicted octanol–water partition coefficient (Wildman–Crippen LogP) is 1.04. The first-order valence-electron chi connectivity index (χ1n) is 5.70. The van der Waals surface area contributed by atoms with Gasteiger partial charge in [-0.3, -0.25) is 4.79 Å². The zero-order valence-corrected chi connectivity index (χ0v) is 10.5. The smallest absolute Gasteiger partial charge is 0.329 e. The van der Waals surface area contributed by atoms with Gasteiger partial charge in [-0.2, -0.15) is 0 Å². The highest BCUT2D eigenvalue weighted by Gasteiger charge is 2.42. The quantitative estimate of drug-likeness (QED) is 0.730. The molecule has 0 aromatic carbocycles. The number of carboxylic acids is 1. The maximum Gasteiger partial charge on any atom is 0.329 e. The van der Waals surface area contributed by atoms with Crippen LogP contribution >= 0.6 is 0 Å². The topological polar surface area (TPSA) is 66.8 Å². The first-order valence-corrected chi connectivity index (χ1v) is 5.70. The zero-order valence-electron chi connectivity index (χ0n) is 10.5. The first-order chi connectivity index (χ1) is 7.88. The van der Waals surface area contributed by atoms with E-state index in [0.717, 1.165) is 12.0 Å². The number of aliphatic carboxylic acids is 1. The number of hydrogen-bond acceptors (Lipinski definition) is 3. The van der Waals surface area contributed by atoms with Gasteiger partial charge >= 0.3 is 5.97 Å². The van der Waals surface area contributed by atoms with Crippen molar-refractivity contribution in [3.8, 4) is 0 Å². The molecule has 0 aromatic rings. The van der Waals surface area contributed by atoms with Crippen molar-refractivity contribution in [1.29, 1.82) is 0 Å². The minimum absolute atomic E-state index is 0.00301. The summed E-state index contributed by atoms with van der Waals surface area (Å²) in [6.45, 7) is 6.18. The van der Waals surface area contributed by atoms with Crippen molar-refractivity contribution >= 4 is 11.9 Å². The van der Waals surface area contributed by atoms with Crippen LogP contribution in [0.15, 0.2) is 11.6 Å². The molecular weight excluding hydrogens is 222 g/mol. The Bertz CT molecular complexity index is 342. The van der Waals surface area contributed by atoms with Gasteiger partial charge in [0.2, 0.25) is 5.91 Å². The molecule has 0 radical (unpaired) electrons. The van der Waals surface area contributed by atoms with E-state index in [1.165, 1.54) is 0 Å². The third-order valence-electron chi connectivity index (χ3n) is 2.73. The molecule has 5 heteroatoms. The van der Waals surface area contributed by atoms with Crippen molar-refractivity contribution in [2.24, 2.45) is 0 Å². The highest BCUT2D eigenvalue weighted by atomic mass is 16.5. The van der Waals surface area contributed by atoms with Crippen molar-refractivity contribution in [1.82, 2.24) is 4.90 Å². The number of nitrogens with zero attached hydrogens (tertiary/aromatic N) is 1. The molecule has 0 unspecified atom stereocenters. The maximum absolute atomic E-state index is 11.8. The fourth-order valence-electron chi connectivity index (χ4n) is 1.87. The lowest BCUT2D eigenvalue weighted by atomic mass is 9.95. The van der Waals surface area contributed by atoms with Gasteiger partial charge in [-0.15, -0.1) is 0 Å². The van der Waals surface area contributed by atoms with Gasteiger partial charge in [0.05, 0.1) is 13.1 Å². The van der Waals surface area contributed by atoms with Crippen LogP contribution in [0.1, 0.15) is 27.2 Å². The Kier molecular flexibility index (Phi) is 4.28. The number of carboxylic acid groups (broad SMARTS) is 1. The molecule has 1 saturated heterocycles. The number of rotatable bonds is 5. The standard InChI is InChI=1S/C12H19NO4/c1-4-5-9(2)11(16)13-7-12(3,8-13)17-6-10(14)15/h5H,4,6-8H2,1-3H3,(H,14,15)/b9-5-. The van der Waals surface area contributed by atoms with E-state index in [2.05, 4.69) is 0 Å². The third-order valence-corrected chi connectivity index (χ3v) is 2.73. The molecule has 0 bridgehead atoms. The molecule has 1 heterocycles. The maximum atomic E-state index is 11.8. The molecular formula is C12H19NO4. The van der Waals surface area contributed by atoms with Crippen LogP contribution < -0.4 is 0 Å². The second-order valence-electron chi connectivity index (χ2n) is 4.59. The number of allylic oxidation sites excluding steroid dienone is 1. The number of carbonyl (C=O) groups excluding carboxylic acids is 1. The molecule has 1 rings (SSSR count). The molecule has 96 valence electrons. The first kappa shape index (κ1) is 13.7. The summed E-state index contributed by atoms with van der Waals surface area (Å²) in [4.78, 5) is 23.9. The Morgan fingerprint density at radius 2 is 2.06 bits per heavy atom. The lowest BCUT2D eigenvalue weighted by molar-refractivity contribution is -0.171. The Balaban J connectivity index is 2.42. The van der Waals surface area contributed by atoms with Gasteiger partial charge in [0.15, 0.2) is 0 Å². The van der Waals surface area contributed by atoms with Crippen LogP contribution in [-0.4, -0.2) is 47.2 Å². The fraction of sp³-hybridized carbons (Fsp3) is 0.667. The van der Waals surface area contributed by atoms with Gasteiger partial charge < -0.3 is 14.7 Å². The summed E-state index contributed by atoms with van der Waals surface area (Å²) in [7, 11) is 0. The monoisotopic (exact) mass is 241 g/mol. The van der Waals surface area contributed by atoms with E-state index in [-0.39, 0.29) is 12.5 Å². The largest absolute Gasteiger partial charge is 0.480 e. The minimum atomic E-state index is -0.988. The predicted molar refractivity (Wildman–Crippen MR) is 62.6 cm³/mol. The Labute approximate surface area is 101 Å². The molecule has 1 aliphatic rings. The van der Waals surface area contributed by atoms with Crippen LogP contribution in [0.25, 0.3) is 0 Å². The lowest BCUT2D eigenvalue weighted by Crippen LogP contribution is -2.63. The number of hydrogen-bond donors (Lipinski definition) is 1. The summed E-state index contributed by atoms with van der Waals surface area (Å²) < 4.78 is 5.23. The van der Waals surface area contributed by atoms with Gasteiger partial charge in [-0.05, 0) is 20.3 Å². The van der Waals surface area contributed by atoms with Gasteiger partial charge in [-0.1, -0.05) is 13.0 Å². The average molecular weight is 241 g/mol. The SMILES string of the molecule is CC/C=C(/C)C(=O)N1CC(C)(OCC(=O)O)C1. The normalized spacial score (nSPS) is 18.8. The number of carbonyl (C=O) groups is 2. The molecule has 5 nitrogen and oxygen atoms in total. The summed E-state index contributed by atoms with van der Waals surface area (Å²) in [5.74, 6) is -0.985. The summed E-state index contributed by atoms with van der Waals surface area (Å²) in [6.07, 6.45) is 2.72. The number of amides is 1. The van der Waals surface area contributed by atoms with Crippen LogP contribution in [0, 0.1) is 0 Å². The highest BCUT2D eigenvalue weighted by Crippen LogP contribution is 2.26. The molecule has 0 aromatic heterocycles. The molecule has 17 heavy (non-hydrogen) atoms. The van der Waals surface area contributed by atoms with Crippen molar-refractivity contribution < 1.29 is 19.4 Å². The van der Waals surface area contributed by atoms with Gasteiger partial charge in [0.1, 0.15) is 12.2 Å². The van der Waals surface area contributed by atoms with E-state index < -0.39 is 11.6 Å². The number of ether oxygens (including phenoxy) is 1. The summed E-state index contributed by atoms with van der Waals surface area (Å²) in [5.41, 5.74) is 0.216. The van der Waals surface area contributed by atoms with Crippen molar-refractivity contribution in [3.05, 3.63) is 11.6 Å². The van der Waals surface area contributed by atoms with Crippen LogP contribution in [0.4, 0.5) is 0 Å².